The van der Waals surface area contributed by atoms with E-state index in [1.165, 1.54) is 11.3 Å². The molecule has 0 spiro atoms. The summed E-state index contributed by atoms with van der Waals surface area (Å²) in [7, 11) is 0. The van der Waals surface area contributed by atoms with Crippen molar-refractivity contribution in [1.82, 2.24) is 4.98 Å². The van der Waals surface area contributed by atoms with Gasteiger partial charge in [0.2, 0.25) is 5.91 Å². The summed E-state index contributed by atoms with van der Waals surface area (Å²) in [5.41, 5.74) is 6.49. The minimum atomic E-state index is -0.963. The van der Waals surface area contributed by atoms with Crippen LogP contribution in [0.1, 0.15) is 38.3 Å². The molecular weight excluding hydrogens is 254 g/mol. The Morgan fingerprint density at radius 2 is 2.22 bits per heavy atom. The van der Waals surface area contributed by atoms with Crippen molar-refractivity contribution in [3.05, 3.63) is 11.1 Å². The average molecular weight is 271 g/mol. The molecule has 1 aromatic rings. The van der Waals surface area contributed by atoms with E-state index in [1.807, 2.05) is 19.2 Å². The molecule has 1 unspecified atom stereocenters. The van der Waals surface area contributed by atoms with E-state index in [0.717, 1.165) is 5.69 Å². The van der Waals surface area contributed by atoms with E-state index < -0.39 is 17.9 Å². The molecule has 0 radical (unpaired) electrons. The molecule has 0 aromatic carbocycles. The number of aliphatic carboxylic acids is 1. The monoisotopic (exact) mass is 271 g/mol. The first-order chi connectivity index (χ1) is 8.40. The highest BCUT2D eigenvalue weighted by atomic mass is 32.1. The summed E-state index contributed by atoms with van der Waals surface area (Å²) >= 11 is 1.33. The molecule has 18 heavy (non-hydrogen) atoms. The van der Waals surface area contributed by atoms with Gasteiger partial charge in [-0.05, 0) is 12.3 Å². The van der Waals surface area contributed by atoms with Crippen molar-refractivity contribution < 1.29 is 14.7 Å². The van der Waals surface area contributed by atoms with Crippen molar-refractivity contribution in [3.63, 3.8) is 0 Å². The number of carbonyl (C=O) groups excluding carboxylic acids is 1. The van der Waals surface area contributed by atoms with Gasteiger partial charge in [0, 0.05) is 11.8 Å². The maximum Gasteiger partial charge on any atom is 0.303 e. The average Bonchev–Trinajstić information content (AvgIpc) is 2.74. The van der Waals surface area contributed by atoms with Gasteiger partial charge in [-0.15, -0.1) is 11.3 Å². The molecule has 1 rings (SSSR count). The Hall–Kier alpha value is -1.47. The van der Waals surface area contributed by atoms with E-state index in [4.69, 9.17) is 10.8 Å². The first-order valence-electron chi connectivity index (χ1n) is 5.63. The van der Waals surface area contributed by atoms with Gasteiger partial charge in [0.25, 0.3) is 0 Å². The minimum Gasteiger partial charge on any atom is -0.481 e. The van der Waals surface area contributed by atoms with Crippen LogP contribution in [-0.4, -0.2) is 28.0 Å². The Morgan fingerprint density at radius 1 is 1.56 bits per heavy atom. The van der Waals surface area contributed by atoms with Crippen LogP contribution in [0.2, 0.25) is 0 Å². The number of aromatic nitrogens is 1. The second-order valence-electron chi connectivity index (χ2n) is 4.26. The maximum absolute atomic E-state index is 11.6. The lowest BCUT2D eigenvalue weighted by molar-refractivity contribution is -0.137. The summed E-state index contributed by atoms with van der Waals surface area (Å²) in [6, 6.07) is -0.826. The zero-order valence-electron chi connectivity index (χ0n) is 10.3. The number of carboxylic acids is 1. The molecular formula is C11H17N3O3S. The molecule has 1 atom stereocenters. The number of hydrogen-bond acceptors (Lipinski definition) is 5. The quantitative estimate of drug-likeness (QED) is 0.725. The predicted octanol–water partition coefficient (Wildman–Crippen LogP) is 1.40. The lowest BCUT2D eigenvalue weighted by Crippen LogP contribution is -2.36. The van der Waals surface area contributed by atoms with Gasteiger partial charge in [0.05, 0.1) is 11.7 Å². The molecule has 0 aliphatic carbocycles. The molecule has 6 nitrogen and oxygen atoms in total. The lowest BCUT2D eigenvalue weighted by Gasteiger charge is -2.08. The number of carboxylic acid groups (broad SMARTS) is 1. The van der Waals surface area contributed by atoms with Gasteiger partial charge in [0.15, 0.2) is 5.13 Å². The molecule has 1 amide bonds. The number of nitrogens with zero attached hydrogens (tertiary/aromatic N) is 1. The molecule has 7 heteroatoms. The van der Waals surface area contributed by atoms with E-state index >= 15 is 0 Å². The predicted molar refractivity (Wildman–Crippen MR) is 69.7 cm³/mol. The van der Waals surface area contributed by atoms with Crippen LogP contribution in [0, 0.1) is 0 Å². The second kappa shape index (κ2) is 6.46. The third-order valence-corrected chi connectivity index (χ3v) is 3.13. The first kappa shape index (κ1) is 14.6. The number of carbonyl (C=O) groups is 2. The number of anilines is 1. The highest BCUT2D eigenvalue weighted by molar-refractivity contribution is 7.13. The summed E-state index contributed by atoms with van der Waals surface area (Å²) in [5.74, 6) is -1.07. The maximum atomic E-state index is 11.6. The molecule has 0 aliphatic heterocycles. The van der Waals surface area contributed by atoms with Crippen molar-refractivity contribution >= 4 is 28.3 Å². The zero-order chi connectivity index (χ0) is 13.7. The van der Waals surface area contributed by atoms with E-state index in [9.17, 15) is 9.59 Å². The van der Waals surface area contributed by atoms with Crippen molar-refractivity contribution in [2.45, 2.75) is 38.6 Å². The Morgan fingerprint density at radius 3 is 2.72 bits per heavy atom. The molecule has 4 N–H and O–H groups in total. The van der Waals surface area contributed by atoms with Gasteiger partial charge < -0.3 is 16.2 Å². The van der Waals surface area contributed by atoms with Crippen LogP contribution in [0.5, 0.6) is 0 Å². The van der Waals surface area contributed by atoms with Gasteiger partial charge >= 0.3 is 5.97 Å². The summed E-state index contributed by atoms with van der Waals surface area (Å²) in [6.45, 7) is 4.03. The molecule has 1 aromatic heterocycles. The number of hydrogen-bond donors (Lipinski definition) is 3. The fourth-order valence-corrected chi connectivity index (χ4v) is 2.09. The molecule has 0 saturated carbocycles. The Labute approximate surface area is 109 Å². The lowest BCUT2D eigenvalue weighted by atomic mass is 10.1. The van der Waals surface area contributed by atoms with Crippen LogP contribution < -0.4 is 11.1 Å². The summed E-state index contributed by atoms with van der Waals surface area (Å²) in [5, 5.41) is 13.5. The molecule has 0 bridgehead atoms. The van der Waals surface area contributed by atoms with Crippen LogP contribution >= 0.6 is 11.3 Å². The Bertz CT molecular complexity index is 431. The van der Waals surface area contributed by atoms with Gasteiger partial charge in [0.1, 0.15) is 0 Å². The van der Waals surface area contributed by atoms with E-state index in [-0.39, 0.29) is 12.8 Å². The van der Waals surface area contributed by atoms with Gasteiger partial charge in [-0.2, -0.15) is 0 Å². The van der Waals surface area contributed by atoms with Crippen LogP contribution in [0.3, 0.4) is 0 Å². The van der Waals surface area contributed by atoms with Crippen LogP contribution in [0.4, 0.5) is 5.13 Å². The Balaban J connectivity index is 2.50. The molecule has 100 valence electrons. The number of nitrogens with one attached hydrogen (secondary N) is 1. The zero-order valence-corrected chi connectivity index (χ0v) is 11.2. The summed E-state index contributed by atoms with van der Waals surface area (Å²) < 4.78 is 0. The van der Waals surface area contributed by atoms with Gasteiger partial charge in [-0.1, -0.05) is 13.8 Å². The number of nitrogens with two attached hydrogens (primary N) is 1. The van der Waals surface area contributed by atoms with Crippen molar-refractivity contribution in [1.29, 1.82) is 0 Å². The van der Waals surface area contributed by atoms with E-state index in [1.54, 1.807) is 0 Å². The van der Waals surface area contributed by atoms with Crippen LogP contribution in [-0.2, 0) is 9.59 Å². The summed E-state index contributed by atoms with van der Waals surface area (Å²) in [6.07, 6.45) is -0.00667. The standard InChI is InChI=1S/C11H17N3O3S/c1-6(2)8-5-18-11(13-8)14-10(17)7(12)3-4-9(15)16/h5-7H,3-4,12H2,1-2H3,(H,15,16)(H,13,14,17). The Kier molecular flexibility index (Phi) is 5.24. The van der Waals surface area contributed by atoms with Crippen molar-refractivity contribution in [3.8, 4) is 0 Å². The minimum absolute atomic E-state index is 0.115. The second-order valence-corrected chi connectivity index (χ2v) is 5.12. The highest BCUT2D eigenvalue weighted by Crippen LogP contribution is 2.21. The molecule has 0 saturated heterocycles. The van der Waals surface area contributed by atoms with Gasteiger partial charge in [-0.25, -0.2) is 4.98 Å². The van der Waals surface area contributed by atoms with Crippen molar-refractivity contribution in [2.24, 2.45) is 5.73 Å². The molecule has 0 fully saturated rings. The smallest absolute Gasteiger partial charge is 0.303 e. The number of thiazole rings is 1. The fourth-order valence-electron chi connectivity index (χ4n) is 1.22. The number of amides is 1. The van der Waals surface area contributed by atoms with Crippen molar-refractivity contribution in [2.75, 3.05) is 5.32 Å². The molecule has 0 aliphatic rings. The van der Waals surface area contributed by atoms with Crippen LogP contribution in [0.15, 0.2) is 5.38 Å². The molecule has 1 heterocycles. The largest absolute Gasteiger partial charge is 0.481 e. The number of rotatable bonds is 6. The topological polar surface area (TPSA) is 105 Å². The van der Waals surface area contributed by atoms with E-state index in [0.29, 0.717) is 11.0 Å². The highest BCUT2D eigenvalue weighted by Gasteiger charge is 2.16. The third-order valence-electron chi connectivity index (χ3n) is 2.35. The SMILES string of the molecule is CC(C)c1csc(NC(=O)C(N)CCC(=O)O)n1. The van der Waals surface area contributed by atoms with E-state index in [2.05, 4.69) is 10.3 Å². The fraction of sp³-hybridized carbons (Fsp3) is 0.545. The summed E-state index contributed by atoms with van der Waals surface area (Å²) in [4.78, 5) is 26.2. The first-order valence-corrected chi connectivity index (χ1v) is 6.51. The third kappa shape index (κ3) is 4.42. The normalized spacial score (nSPS) is 12.4. The van der Waals surface area contributed by atoms with Crippen LogP contribution in [0.25, 0.3) is 0 Å². The van der Waals surface area contributed by atoms with Gasteiger partial charge in [-0.3, -0.25) is 9.59 Å².